The number of ether oxygens (including phenoxy) is 2. The van der Waals surface area contributed by atoms with Gasteiger partial charge in [0.05, 0.1) is 12.7 Å². The molecule has 7 heteroatoms. The molecular formula is C36H44O7. The number of ketones is 2. The average Bonchev–Trinajstić information content (AvgIpc) is 3.27. The van der Waals surface area contributed by atoms with Gasteiger partial charge in [-0.25, -0.2) is 0 Å². The van der Waals surface area contributed by atoms with Crippen molar-refractivity contribution in [2.75, 3.05) is 7.11 Å². The lowest BCUT2D eigenvalue weighted by molar-refractivity contribution is -0.148. The van der Waals surface area contributed by atoms with Crippen molar-refractivity contribution in [3.8, 4) is 17.2 Å². The Morgan fingerprint density at radius 3 is 2.33 bits per heavy atom. The third kappa shape index (κ3) is 6.09. The van der Waals surface area contributed by atoms with E-state index in [1.165, 1.54) is 31.1 Å². The fourth-order valence-electron chi connectivity index (χ4n) is 8.51. The van der Waals surface area contributed by atoms with Gasteiger partial charge in [-0.1, -0.05) is 37.6 Å². The second kappa shape index (κ2) is 12.2. The molecule has 4 aliphatic carbocycles. The lowest BCUT2D eigenvalue weighted by Gasteiger charge is -2.56. The Bertz CT molecular complexity index is 1410. The van der Waals surface area contributed by atoms with Gasteiger partial charge in [0.2, 0.25) is 0 Å². The molecule has 0 bridgehead atoms. The second-order valence-corrected chi connectivity index (χ2v) is 13.3. The highest BCUT2D eigenvalue weighted by molar-refractivity contribution is 6.00. The maximum Gasteiger partial charge on any atom is 0.302 e. The molecule has 2 N–H and O–H groups in total. The van der Waals surface area contributed by atoms with Crippen LogP contribution in [0, 0.1) is 28.6 Å². The quantitative estimate of drug-likeness (QED) is 0.220. The number of carbonyl (C=O) groups excluding carboxylic acids is 3. The number of allylic oxidation sites excluding steroid dienone is 1. The number of aromatic hydroxyl groups is 2. The van der Waals surface area contributed by atoms with Gasteiger partial charge in [0.15, 0.2) is 5.78 Å². The van der Waals surface area contributed by atoms with Crippen LogP contribution in [0.2, 0.25) is 0 Å². The van der Waals surface area contributed by atoms with E-state index in [0.717, 1.165) is 62.3 Å². The summed E-state index contributed by atoms with van der Waals surface area (Å²) in [5, 5.41) is 18.8. The Hall–Kier alpha value is -3.61. The van der Waals surface area contributed by atoms with Crippen molar-refractivity contribution in [1.82, 2.24) is 0 Å². The van der Waals surface area contributed by atoms with Gasteiger partial charge in [-0.3, -0.25) is 14.4 Å². The van der Waals surface area contributed by atoms with E-state index in [0.29, 0.717) is 23.5 Å². The number of rotatable bonds is 5. The van der Waals surface area contributed by atoms with Crippen LogP contribution >= 0.6 is 0 Å². The zero-order valence-corrected chi connectivity index (χ0v) is 25.7. The van der Waals surface area contributed by atoms with E-state index in [1.54, 1.807) is 31.4 Å². The van der Waals surface area contributed by atoms with Crippen LogP contribution in [0.5, 0.6) is 17.2 Å². The first-order valence-corrected chi connectivity index (χ1v) is 15.5. The Morgan fingerprint density at radius 1 is 0.953 bits per heavy atom. The van der Waals surface area contributed by atoms with Gasteiger partial charge in [-0.05, 0) is 91.5 Å². The van der Waals surface area contributed by atoms with Crippen LogP contribution in [0.3, 0.4) is 0 Å². The molecule has 6 unspecified atom stereocenters. The number of phenols is 2. The van der Waals surface area contributed by atoms with E-state index < -0.39 is 0 Å². The number of methoxy groups -OCH3 is 1. The molecule has 0 aromatic heterocycles. The number of fused-ring (bicyclic) bond motifs is 5. The van der Waals surface area contributed by atoms with Crippen LogP contribution < -0.4 is 4.74 Å². The topological polar surface area (TPSA) is 110 Å². The molecule has 6 atom stereocenters. The van der Waals surface area contributed by atoms with Crippen LogP contribution in [-0.2, 0) is 20.7 Å². The zero-order valence-electron chi connectivity index (χ0n) is 25.7. The molecule has 6 rings (SSSR count). The zero-order chi connectivity index (χ0) is 30.9. The van der Waals surface area contributed by atoms with Gasteiger partial charge in [-0.2, -0.15) is 0 Å². The first kappa shape index (κ1) is 30.8. The number of esters is 1. The summed E-state index contributed by atoms with van der Waals surface area (Å²) in [5.74, 6) is 2.57. The molecule has 3 fully saturated rings. The summed E-state index contributed by atoms with van der Waals surface area (Å²) in [6, 6.07) is 11.1. The Morgan fingerprint density at radius 2 is 1.65 bits per heavy atom. The largest absolute Gasteiger partial charge is 0.508 e. The lowest BCUT2D eigenvalue weighted by Crippen LogP contribution is -2.50. The van der Waals surface area contributed by atoms with Crippen molar-refractivity contribution < 1.29 is 34.1 Å². The summed E-state index contributed by atoms with van der Waals surface area (Å²) in [6.07, 6.45) is 11.0. The first-order chi connectivity index (χ1) is 20.4. The second-order valence-electron chi connectivity index (χ2n) is 13.3. The summed E-state index contributed by atoms with van der Waals surface area (Å²) in [7, 11) is 1.58. The number of hydrogen-bond acceptors (Lipinski definition) is 7. The SMILES string of the molecule is CC(=O)OC1CCC2(C)C(=CCC3C4CCC(=O)C4(C)CCC32)C1.COc1ccc(CC(=O)c2ccc(O)cc2O)cc1. The van der Waals surface area contributed by atoms with Gasteiger partial charge < -0.3 is 19.7 Å². The third-order valence-electron chi connectivity index (χ3n) is 10.9. The molecule has 2 aromatic carbocycles. The number of Topliss-reactive ketones (excluding diaryl/α,β-unsaturated/α-hetero) is 2. The summed E-state index contributed by atoms with van der Waals surface area (Å²) >= 11 is 0. The van der Waals surface area contributed by atoms with Crippen LogP contribution in [0.1, 0.15) is 88.1 Å². The normalized spacial score (nSPS) is 30.9. The molecule has 0 amide bonds. The predicted molar refractivity (Wildman–Crippen MR) is 163 cm³/mol. The van der Waals surface area contributed by atoms with Crippen molar-refractivity contribution in [3.05, 3.63) is 65.2 Å². The van der Waals surface area contributed by atoms with E-state index in [9.17, 15) is 24.6 Å². The van der Waals surface area contributed by atoms with Gasteiger partial charge in [0.25, 0.3) is 0 Å². The van der Waals surface area contributed by atoms with Gasteiger partial charge in [0, 0.05) is 37.7 Å². The molecular weight excluding hydrogens is 544 g/mol. The monoisotopic (exact) mass is 588 g/mol. The minimum atomic E-state index is -0.210. The fourth-order valence-corrected chi connectivity index (χ4v) is 8.51. The van der Waals surface area contributed by atoms with Gasteiger partial charge in [0.1, 0.15) is 29.1 Å². The highest BCUT2D eigenvalue weighted by Gasteiger charge is 2.58. The summed E-state index contributed by atoms with van der Waals surface area (Å²) in [5.41, 5.74) is 2.77. The van der Waals surface area contributed by atoms with Crippen molar-refractivity contribution in [2.45, 2.75) is 84.7 Å². The highest BCUT2D eigenvalue weighted by atomic mass is 16.5. The number of phenolic OH excluding ortho intramolecular Hbond substituents is 2. The Balaban J connectivity index is 0.000000177. The van der Waals surface area contributed by atoms with Gasteiger partial charge in [-0.15, -0.1) is 0 Å². The predicted octanol–water partition coefficient (Wildman–Crippen LogP) is 6.98. The average molecular weight is 589 g/mol. The maximum atomic E-state index is 12.4. The van der Waals surface area contributed by atoms with Crippen LogP contribution in [0.15, 0.2) is 54.1 Å². The first-order valence-electron chi connectivity index (χ1n) is 15.5. The van der Waals surface area contributed by atoms with Crippen molar-refractivity contribution >= 4 is 17.5 Å². The highest BCUT2D eigenvalue weighted by Crippen LogP contribution is 2.64. The van der Waals surface area contributed by atoms with E-state index in [1.807, 2.05) is 0 Å². The fraction of sp³-hybridized carbons (Fsp3) is 0.528. The number of carbonyl (C=O) groups is 3. The standard InChI is InChI=1S/C21H30O3.C15H14O4/c1-13(22)24-15-8-10-20(2)14(12-15)4-5-16-17-6-7-19(23)21(17,3)11-9-18(16)20;1-19-12-5-2-10(3-6-12)8-14(17)13-7-4-11(16)9-15(13)18/h4,15-18H,5-12H2,1-3H3;2-7,9,16,18H,8H2,1H3. The summed E-state index contributed by atoms with van der Waals surface area (Å²) < 4.78 is 10.5. The molecule has 7 nitrogen and oxygen atoms in total. The molecule has 2 aromatic rings. The minimum absolute atomic E-state index is 0.0438. The maximum absolute atomic E-state index is 12.4. The summed E-state index contributed by atoms with van der Waals surface area (Å²) in [6.45, 7) is 6.19. The molecule has 0 aliphatic heterocycles. The molecule has 230 valence electrons. The molecule has 4 aliphatic rings. The van der Waals surface area contributed by atoms with E-state index in [4.69, 9.17) is 9.47 Å². The summed E-state index contributed by atoms with van der Waals surface area (Å²) in [4.78, 5) is 35.8. The lowest BCUT2D eigenvalue weighted by atomic mass is 9.48. The van der Waals surface area contributed by atoms with E-state index in [2.05, 4.69) is 19.9 Å². The third-order valence-corrected chi connectivity index (χ3v) is 10.9. The van der Waals surface area contributed by atoms with Gasteiger partial charge >= 0.3 is 5.97 Å². The van der Waals surface area contributed by atoms with E-state index in [-0.39, 0.29) is 52.2 Å². The van der Waals surface area contributed by atoms with Crippen LogP contribution in [0.25, 0.3) is 0 Å². The van der Waals surface area contributed by atoms with Crippen molar-refractivity contribution in [1.29, 1.82) is 0 Å². The van der Waals surface area contributed by atoms with Crippen molar-refractivity contribution in [2.24, 2.45) is 28.6 Å². The van der Waals surface area contributed by atoms with Crippen LogP contribution in [0.4, 0.5) is 0 Å². The molecule has 0 saturated heterocycles. The Labute approximate surface area is 254 Å². The molecule has 3 saturated carbocycles. The smallest absolute Gasteiger partial charge is 0.302 e. The minimum Gasteiger partial charge on any atom is -0.508 e. The number of benzene rings is 2. The molecule has 0 spiro atoms. The van der Waals surface area contributed by atoms with Crippen LogP contribution in [-0.4, -0.2) is 41.0 Å². The molecule has 43 heavy (non-hydrogen) atoms. The van der Waals surface area contributed by atoms with Crippen molar-refractivity contribution in [3.63, 3.8) is 0 Å². The van der Waals surface area contributed by atoms with E-state index >= 15 is 0 Å². The molecule has 0 radical (unpaired) electrons. The Kier molecular flexibility index (Phi) is 8.73. The molecule has 0 heterocycles. The number of hydrogen-bond donors (Lipinski definition) is 2.